The van der Waals surface area contributed by atoms with E-state index < -0.39 is 23.7 Å². The number of hydrogen-bond donors (Lipinski definition) is 0. The third kappa shape index (κ3) is 5.77. The largest absolute Gasteiger partial charge is 0.493 e. The molecule has 0 spiro atoms. The Labute approximate surface area is 221 Å². The van der Waals surface area contributed by atoms with Gasteiger partial charge < -0.3 is 23.8 Å². The van der Waals surface area contributed by atoms with Gasteiger partial charge in [-0.05, 0) is 47.7 Å². The number of carbonyl (C=O) groups excluding carboxylic acids is 3. The molecule has 9 nitrogen and oxygen atoms in total. The van der Waals surface area contributed by atoms with Gasteiger partial charge in [0.15, 0.2) is 11.5 Å². The Morgan fingerprint density at radius 2 is 1.66 bits per heavy atom. The molecule has 1 aromatic heterocycles. The van der Waals surface area contributed by atoms with Gasteiger partial charge in [0.1, 0.15) is 6.04 Å². The molecule has 0 bridgehead atoms. The highest BCUT2D eigenvalue weighted by Gasteiger charge is 2.38. The summed E-state index contributed by atoms with van der Waals surface area (Å²) in [4.78, 5) is 45.5. The van der Waals surface area contributed by atoms with Gasteiger partial charge in [0.25, 0.3) is 11.7 Å². The number of pyridine rings is 1. The topological polar surface area (TPSA) is 104 Å². The first-order valence-corrected chi connectivity index (χ1v) is 12.2. The number of benzene rings is 2. The van der Waals surface area contributed by atoms with Gasteiger partial charge in [-0.25, -0.2) is 4.79 Å². The van der Waals surface area contributed by atoms with Crippen LogP contribution in [0, 0.1) is 0 Å². The zero-order valence-corrected chi connectivity index (χ0v) is 21.6. The van der Waals surface area contributed by atoms with Gasteiger partial charge in [0.05, 0.1) is 27.9 Å². The molecule has 4 rings (SSSR count). The molecule has 198 valence electrons. The van der Waals surface area contributed by atoms with E-state index in [0.717, 1.165) is 16.7 Å². The smallest absolute Gasteiger partial charge is 0.329 e. The number of aromatic nitrogens is 1. The summed E-state index contributed by atoms with van der Waals surface area (Å²) in [6.45, 7) is 0.301. The molecule has 38 heavy (non-hydrogen) atoms. The second kappa shape index (κ2) is 12.2. The molecule has 0 saturated carbocycles. The molecule has 0 N–H and O–H groups in total. The Hall–Kier alpha value is -4.40. The molecule has 0 fully saturated rings. The summed E-state index contributed by atoms with van der Waals surface area (Å²) in [7, 11) is 4.30. The first kappa shape index (κ1) is 26.7. The van der Waals surface area contributed by atoms with Crippen molar-refractivity contribution in [3.05, 3.63) is 83.2 Å². The van der Waals surface area contributed by atoms with E-state index in [1.165, 1.54) is 38.4 Å². The van der Waals surface area contributed by atoms with E-state index >= 15 is 0 Å². The van der Waals surface area contributed by atoms with E-state index in [2.05, 4.69) is 4.98 Å². The number of hydrogen-bond acceptors (Lipinski definition) is 8. The highest BCUT2D eigenvalue weighted by atomic mass is 16.5. The van der Waals surface area contributed by atoms with Crippen LogP contribution in [0.3, 0.4) is 0 Å². The quantitative estimate of drug-likeness (QED) is 0.174. The summed E-state index contributed by atoms with van der Waals surface area (Å²) in [6, 6.07) is 13.3. The van der Waals surface area contributed by atoms with E-state index in [-0.39, 0.29) is 36.6 Å². The second-order valence-corrected chi connectivity index (χ2v) is 8.80. The third-order valence-corrected chi connectivity index (χ3v) is 6.48. The van der Waals surface area contributed by atoms with Gasteiger partial charge in [0.2, 0.25) is 5.75 Å². The van der Waals surface area contributed by atoms with Crippen LogP contribution in [0.4, 0.5) is 0 Å². The lowest BCUT2D eigenvalue weighted by atomic mass is 9.93. The van der Waals surface area contributed by atoms with E-state index in [4.69, 9.17) is 18.9 Å². The fourth-order valence-corrected chi connectivity index (χ4v) is 4.50. The summed E-state index contributed by atoms with van der Waals surface area (Å²) in [5.74, 6) is -1.35. The fourth-order valence-electron chi connectivity index (χ4n) is 4.50. The van der Waals surface area contributed by atoms with Gasteiger partial charge in [0, 0.05) is 30.9 Å². The van der Waals surface area contributed by atoms with E-state index in [9.17, 15) is 14.4 Å². The fraction of sp³-hybridized carbons (Fsp3) is 0.310. The number of nitrogens with zero attached hydrogens (tertiary/aromatic N) is 2. The molecule has 0 radical (unpaired) electrons. The summed E-state index contributed by atoms with van der Waals surface area (Å²) < 4.78 is 21.5. The normalized spacial score (nSPS) is 14.3. The maximum Gasteiger partial charge on any atom is 0.329 e. The molecule has 9 heteroatoms. The Bertz CT molecular complexity index is 1280. The maximum absolute atomic E-state index is 13.5. The zero-order valence-electron chi connectivity index (χ0n) is 21.6. The van der Waals surface area contributed by atoms with Crippen molar-refractivity contribution in [2.75, 3.05) is 27.9 Å². The molecule has 0 saturated heterocycles. The van der Waals surface area contributed by atoms with Crippen LogP contribution in [-0.4, -0.2) is 61.5 Å². The number of methoxy groups -OCH3 is 3. The Morgan fingerprint density at radius 1 is 0.947 bits per heavy atom. The van der Waals surface area contributed by atoms with Crippen LogP contribution in [-0.2, 0) is 33.7 Å². The second-order valence-electron chi connectivity index (χ2n) is 8.80. The minimum Gasteiger partial charge on any atom is -0.493 e. The van der Waals surface area contributed by atoms with Gasteiger partial charge in [-0.3, -0.25) is 14.6 Å². The van der Waals surface area contributed by atoms with Crippen molar-refractivity contribution < 1.29 is 33.3 Å². The van der Waals surface area contributed by atoms with Gasteiger partial charge in [-0.2, -0.15) is 0 Å². The van der Waals surface area contributed by atoms with Crippen molar-refractivity contribution in [1.29, 1.82) is 0 Å². The number of esters is 1. The minimum atomic E-state index is -0.929. The lowest BCUT2D eigenvalue weighted by Gasteiger charge is -2.35. The number of ketones is 1. The van der Waals surface area contributed by atoms with Crippen LogP contribution >= 0.6 is 0 Å². The van der Waals surface area contributed by atoms with Crippen LogP contribution < -0.4 is 14.2 Å². The number of fused-ring (bicyclic) bond motifs is 1. The van der Waals surface area contributed by atoms with Crippen molar-refractivity contribution >= 4 is 17.7 Å². The van der Waals surface area contributed by atoms with Crippen molar-refractivity contribution in [2.24, 2.45) is 0 Å². The van der Waals surface area contributed by atoms with Gasteiger partial charge >= 0.3 is 5.97 Å². The summed E-state index contributed by atoms with van der Waals surface area (Å²) >= 11 is 0. The summed E-state index contributed by atoms with van der Waals surface area (Å²) in [6.07, 6.45) is 5.05. The van der Waals surface area contributed by atoms with Gasteiger partial charge in [-0.1, -0.05) is 30.3 Å². The molecule has 0 aliphatic carbocycles. The third-order valence-electron chi connectivity index (χ3n) is 6.48. The molecule has 2 aromatic carbocycles. The van der Waals surface area contributed by atoms with Crippen LogP contribution in [0.25, 0.3) is 0 Å². The number of Topliss-reactive ketones (excluding diaryl/α,β-unsaturated/α-hetero) is 1. The molecule has 1 aliphatic heterocycles. The van der Waals surface area contributed by atoms with E-state index in [1.807, 2.05) is 36.4 Å². The average Bonchev–Trinajstić information content (AvgIpc) is 2.97. The Kier molecular flexibility index (Phi) is 8.58. The molecule has 2 heterocycles. The molecule has 1 aliphatic rings. The minimum absolute atomic E-state index is 0.0620. The predicted octanol–water partition coefficient (Wildman–Crippen LogP) is 3.42. The first-order valence-electron chi connectivity index (χ1n) is 12.2. The SMILES string of the molecule is COc1cc(C(=O)C(=O)N2Cc3ccccc3C[C@H]2C(=O)OCCCc2cccnc2)cc(OC)c1OC. The van der Waals surface area contributed by atoms with Crippen LogP contribution in [0.15, 0.2) is 60.9 Å². The predicted molar refractivity (Wildman–Crippen MR) is 138 cm³/mol. The molecule has 3 aromatic rings. The van der Waals surface area contributed by atoms with Crippen LogP contribution in [0.5, 0.6) is 17.2 Å². The van der Waals surface area contributed by atoms with Crippen LogP contribution in [0.2, 0.25) is 0 Å². The number of ether oxygens (including phenoxy) is 4. The Balaban J connectivity index is 1.54. The van der Waals surface area contributed by atoms with Gasteiger partial charge in [-0.15, -0.1) is 0 Å². The van der Waals surface area contributed by atoms with E-state index in [1.54, 1.807) is 12.4 Å². The molecule has 0 unspecified atom stereocenters. The van der Waals surface area contributed by atoms with E-state index in [0.29, 0.717) is 18.6 Å². The van der Waals surface area contributed by atoms with Crippen molar-refractivity contribution in [1.82, 2.24) is 9.88 Å². The number of amides is 1. The molecular formula is C29H30N2O7. The number of aryl methyl sites for hydroxylation is 1. The first-order chi connectivity index (χ1) is 18.5. The average molecular weight is 519 g/mol. The molecule has 1 amide bonds. The highest BCUT2D eigenvalue weighted by Crippen LogP contribution is 2.38. The zero-order chi connectivity index (χ0) is 27.1. The highest BCUT2D eigenvalue weighted by molar-refractivity contribution is 6.43. The van der Waals surface area contributed by atoms with Crippen molar-refractivity contribution in [3.8, 4) is 17.2 Å². The standard InChI is InChI=1S/C29H30N2O7/c1-35-24-15-22(16-25(36-2)27(24)37-3)26(32)28(33)31-18-21-11-5-4-10-20(21)14-23(31)29(34)38-13-7-9-19-8-6-12-30-17-19/h4-6,8,10-12,15-17,23H,7,9,13-14,18H2,1-3H3/t23-/m0/s1. The summed E-state index contributed by atoms with van der Waals surface area (Å²) in [5, 5.41) is 0. The van der Waals surface area contributed by atoms with Crippen molar-refractivity contribution in [2.45, 2.75) is 31.8 Å². The molecular weight excluding hydrogens is 488 g/mol. The number of rotatable bonds is 10. The maximum atomic E-state index is 13.5. The number of carbonyl (C=O) groups is 3. The monoisotopic (exact) mass is 518 g/mol. The summed E-state index contributed by atoms with van der Waals surface area (Å²) in [5.41, 5.74) is 2.92. The molecule has 1 atom stereocenters. The lowest BCUT2D eigenvalue weighted by molar-refractivity contribution is -0.155. The Morgan fingerprint density at radius 3 is 2.29 bits per heavy atom. The lowest BCUT2D eigenvalue weighted by Crippen LogP contribution is -2.51. The van der Waals surface area contributed by atoms with Crippen molar-refractivity contribution in [3.63, 3.8) is 0 Å². The van der Waals surface area contributed by atoms with Crippen LogP contribution in [0.1, 0.15) is 33.5 Å².